The van der Waals surface area contributed by atoms with Crippen molar-refractivity contribution in [2.75, 3.05) is 27.3 Å². The number of methoxy groups -OCH3 is 2. The van der Waals surface area contributed by atoms with Gasteiger partial charge in [0.2, 0.25) is 11.8 Å². The summed E-state index contributed by atoms with van der Waals surface area (Å²) in [6, 6.07) is 15.8. The average Bonchev–Trinajstić information content (AvgIpc) is 3.94. The van der Waals surface area contributed by atoms with Gasteiger partial charge in [-0.1, -0.05) is 51.7 Å². The van der Waals surface area contributed by atoms with E-state index in [1.807, 2.05) is 92.1 Å². The van der Waals surface area contributed by atoms with Gasteiger partial charge in [0.1, 0.15) is 23.7 Å². The van der Waals surface area contributed by atoms with Crippen LogP contribution in [0.2, 0.25) is 0 Å². The number of carbonyl (C=O) groups is 4. The molecule has 4 N–H and O–H groups in total. The molecule has 2 saturated heterocycles. The van der Waals surface area contributed by atoms with Crippen LogP contribution in [0.25, 0.3) is 33.5 Å². The number of hydrogen-bond donors (Lipinski definition) is 4. The van der Waals surface area contributed by atoms with Gasteiger partial charge in [-0.15, -0.1) is 0 Å². The van der Waals surface area contributed by atoms with Crippen LogP contribution in [-0.2, 0) is 19.1 Å². The fourth-order valence-corrected chi connectivity index (χ4v) is 9.50. The van der Waals surface area contributed by atoms with Gasteiger partial charge in [-0.2, -0.15) is 0 Å². The summed E-state index contributed by atoms with van der Waals surface area (Å²) < 4.78 is 9.69. The summed E-state index contributed by atoms with van der Waals surface area (Å²) in [4.78, 5) is 78.0. The van der Waals surface area contributed by atoms with Gasteiger partial charge in [0.15, 0.2) is 0 Å². The van der Waals surface area contributed by atoms with Crippen LogP contribution < -0.4 is 10.6 Å². The standard InChI is InChI=1S/C49H55N9O6/c1-28(2)38(55-46(61)63-5)44(59)57-26-48(17-18-48)23-36(57)42-51-34-16-13-31(22-35(34)52-42)10-9-30-11-14-32(15-12-30)40-41(33-8-7-21-50-25-33)54-43(53-40)37-24-49(19-20-49)27-58(37)45(60)39(29(3)4)56-47(62)64-6/h7-8,11-16,21-22,25,28-29,36-39H,17-20,23-24,26-27H2,1-6H3,(H,51,52)(H,53,54)(H,55,61)(H,56,62)/t36-,37-,38-,39-/m0/s1. The van der Waals surface area contributed by atoms with Crippen molar-refractivity contribution in [2.45, 2.75) is 90.4 Å². The van der Waals surface area contributed by atoms with Crippen LogP contribution in [0.1, 0.15) is 101 Å². The van der Waals surface area contributed by atoms with Crippen molar-refractivity contribution in [1.82, 2.24) is 45.4 Å². The van der Waals surface area contributed by atoms with E-state index in [0.717, 1.165) is 89.0 Å². The number of alkyl carbamates (subject to hydrolysis) is 2. The molecular formula is C49H55N9O6. The first-order chi connectivity index (χ1) is 30.8. The van der Waals surface area contributed by atoms with E-state index >= 15 is 0 Å². The second kappa shape index (κ2) is 16.8. The van der Waals surface area contributed by atoms with E-state index in [1.54, 1.807) is 12.4 Å². The molecule has 5 aromatic rings. The number of nitrogens with zero attached hydrogens (tertiary/aromatic N) is 5. The molecule has 4 aliphatic rings. The molecule has 2 aromatic carbocycles. The van der Waals surface area contributed by atoms with Gasteiger partial charge in [-0.3, -0.25) is 14.6 Å². The number of carbonyl (C=O) groups excluding carboxylic acids is 4. The largest absolute Gasteiger partial charge is 0.453 e. The normalized spacial score (nSPS) is 20.0. The summed E-state index contributed by atoms with van der Waals surface area (Å²) >= 11 is 0. The van der Waals surface area contributed by atoms with E-state index < -0.39 is 24.3 Å². The number of H-pyrrole nitrogens is 2. The van der Waals surface area contributed by atoms with E-state index in [0.29, 0.717) is 18.9 Å². The minimum absolute atomic E-state index is 0.0547. The van der Waals surface area contributed by atoms with Crippen molar-refractivity contribution in [1.29, 1.82) is 0 Å². The van der Waals surface area contributed by atoms with Gasteiger partial charge in [0.05, 0.1) is 48.7 Å². The molecule has 15 nitrogen and oxygen atoms in total. The predicted molar refractivity (Wildman–Crippen MR) is 239 cm³/mol. The molecule has 0 unspecified atom stereocenters. The van der Waals surface area contributed by atoms with Crippen molar-refractivity contribution in [3.05, 3.63) is 89.8 Å². The second-order valence-corrected chi connectivity index (χ2v) is 18.9. The predicted octanol–water partition coefficient (Wildman–Crippen LogP) is 7.28. The summed E-state index contributed by atoms with van der Waals surface area (Å²) in [6.07, 6.45) is 8.10. The SMILES string of the molecule is COC(=O)N[C@H](C(=O)N1CC2(CC2)C[C@H]1c1nc(-c2cccnc2)c(-c2ccc(C#Cc3ccc4nc([C@@H]5CC6(CC6)CN5C(=O)[C@@H](NC(=O)OC)C(C)C)[nH]c4c3)cc2)[nH]1)C(C)C. The number of imidazole rings is 2. The Hall–Kier alpha value is -6.69. The fraction of sp³-hybridized carbons (Fsp3) is 0.449. The number of pyridine rings is 1. The van der Waals surface area contributed by atoms with Gasteiger partial charge < -0.3 is 39.9 Å². The van der Waals surface area contributed by atoms with E-state index in [2.05, 4.69) is 37.4 Å². The molecule has 2 aliphatic heterocycles. The minimum Gasteiger partial charge on any atom is -0.453 e. The van der Waals surface area contributed by atoms with Crippen LogP contribution >= 0.6 is 0 Å². The Kier molecular flexibility index (Phi) is 11.2. The van der Waals surface area contributed by atoms with Crippen LogP contribution in [0.5, 0.6) is 0 Å². The molecule has 4 amide bonds. The maximum atomic E-state index is 14.2. The van der Waals surface area contributed by atoms with Gasteiger partial charge in [0, 0.05) is 47.7 Å². The van der Waals surface area contributed by atoms with Gasteiger partial charge >= 0.3 is 12.2 Å². The van der Waals surface area contributed by atoms with Crippen LogP contribution in [0, 0.1) is 34.5 Å². The smallest absolute Gasteiger partial charge is 0.407 e. The number of likely N-dealkylation sites (tertiary alicyclic amines) is 2. The van der Waals surface area contributed by atoms with Crippen molar-refractivity contribution in [3.63, 3.8) is 0 Å². The van der Waals surface area contributed by atoms with Crippen molar-refractivity contribution < 1.29 is 28.7 Å². The Bertz CT molecular complexity index is 2650. The van der Waals surface area contributed by atoms with Gasteiger partial charge in [-0.25, -0.2) is 19.6 Å². The molecule has 0 radical (unpaired) electrons. The lowest BCUT2D eigenvalue weighted by atomic mass is 10.0. The van der Waals surface area contributed by atoms with Crippen LogP contribution in [0.3, 0.4) is 0 Å². The molecule has 5 heterocycles. The second-order valence-electron chi connectivity index (χ2n) is 18.9. The number of fused-ring (bicyclic) bond motifs is 1. The van der Waals surface area contributed by atoms with E-state index in [1.165, 1.54) is 14.2 Å². The number of aromatic nitrogens is 5. The van der Waals surface area contributed by atoms with Gasteiger partial charge in [-0.05, 0) is 104 Å². The molecule has 9 rings (SSSR count). The molecule has 4 fully saturated rings. The first-order valence-electron chi connectivity index (χ1n) is 22.2. The molecular weight excluding hydrogens is 811 g/mol. The van der Waals surface area contributed by atoms with E-state index in [-0.39, 0.29) is 46.6 Å². The molecule has 3 aromatic heterocycles. The first kappa shape index (κ1) is 42.6. The molecule has 2 spiro atoms. The zero-order valence-corrected chi connectivity index (χ0v) is 37.2. The molecule has 64 heavy (non-hydrogen) atoms. The lowest BCUT2D eigenvalue weighted by Crippen LogP contribution is -2.51. The Labute approximate surface area is 372 Å². The summed E-state index contributed by atoms with van der Waals surface area (Å²) in [5.41, 5.74) is 6.73. The lowest BCUT2D eigenvalue weighted by molar-refractivity contribution is -0.136. The molecule has 0 bridgehead atoms. The number of aromatic amines is 2. The number of ether oxygens (including phenoxy) is 2. The summed E-state index contributed by atoms with van der Waals surface area (Å²) in [5.74, 6) is 7.53. The number of amides is 4. The van der Waals surface area contributed by atoms with E-state index in [4.69, 9.17) is 19.4 Å². The van der Waals surface area contributed by atoms with Crippen LogP contribution in [0.15, 0.2) is 67.0 Å². The summed E-state index contributed by atoms with van der Waals surface area (Å²) in [6.45, 7) is 8.92. The van der Waals surface area contributed by atoms with Crippen molar-refractivity contribution >= 4 is 35.0 Å². The Morgan fingerprint density at radius 2 is 1.27 bits per heavy atom. The van der Waals surface area contributed by atoms with Crippen LogP contribution in [0.4, 0.5) is 9.59 Å². The highest BCUT2D eigenvalue weighted by atomic mass is 16.5. The Balaban J connectivity index is 0.958. The number of rotatable bonds is 10. The quantitative estimate of drug-likeness (QED) is 0.105. The topological polar surface area (TPSA) is 188 Å². The maximum absolute atomic E-state index is 14.2. The number of nitrogens with one attached hydrogen (secondary N) is 4. The lowest BCUT2D eigenvalue weighted by Gasteiger charge is -2.30. The minimum atomic E-state index is -0.736. The molecule has 15 heteroatoms. The molecule has 332 valence electrons. The van der Waals surface area contributed by atoms with Crippen LogP contribution in [-0.4, -0.2) is 98.1 Å². The Morgan fingerprint density at radius 1 is 0.719 bits per heavy atom. The highest BCUT2D eigenvalue weighted by molar-refractivity contribution is 5.88. The zero-order chi connectivity index (χ0) is 44.9. The summed E-state index contributed by atoms with van der Waals surface area (Å²) in [7, 11) is 2.60. The first-order valence-corrected chi connectivity index (χ1v) is 22.2. The molecule has 2 saturated carbocycles. The highest BCUT2D eigenvalue weighted by Crippen LogP contribution is 2.59. The van der Waals surface area contributed by atoms with Gasteiger partial charge in [0.25, 0.3) is 0 Å². The zero-order valence-electron chi connectivity index (χ0n) is 37.2. The molecule has 4 atom stereocenters. The number of hydrogen-bond acceptors (Lipinski definition) is 9. The highest BCUT2D eigenvalue weighted by Gasteiger charge is 2.56. The fourth-order valence-electron chi connectivity index (χ4n) is 9.50. The van der Waals surface area contributed by atoms with Crippen molar-refractivity contribution in [2.24, 2.45) is 22.7 Å². The Morgan fingerprint density at radius 3 is 1.78 bits per heavy atom. The monoisotopic (exact) mass is 865 g/mol. The average molecular weight is 866 g/mol. The third kappa shape index (κ3) is 8.41. The number of benzene rings is 2. The summed E-state index contributed by atoms with van der Waals surface area (Å²) in [5, 5.41) is 5.51. The third-order valence-electron chi connectivity index (χ3n) is 13.6. The van der Waals surface area contributed by atoms with E-state index in [9.17, 15) is 19.2 Å². The molecule has 2 aliphatic carbocycles. The van der Waals surface area contributed by atoms with Crippen molar-refractivity contribution in [3.8, 4) is 34.4 Å². The third-order valence-corrected chi connectivity index (χ3v) is 13.6. The maximum Gasteiger partial charge on any atom is 0.407 e.